The monoisotopic (exact) mass is 295 g/mol. The fourth-order valence-corrected chi connectivity index (χ4v) is 2.82. The van der Waals surface area contributed by atoms with Crippen LogP contribution < -0.4 is 0 Å². The number of rotatable bonds is 10. The second-order valence-corrected chi connectivity index (χ2v) is 5.84. The minimum absolute atomic E-state index is 0.344. The molecule has 112 valence electrons. The molecule has 0 amide bonds. The van der Waals surface area contributed by atoms with E-state index in [-0.39, 0.29) is 6.04 Å². The molecule has 3 nitrogen and oxygen atoms in total. The molecule has 0 fully saturated rings. The topological polar surface area (TPSA) is 40.5 Å². The normalized spacial score (nSPS) is 12.6. The maximum Gasteiger partial charge on any atom is 0.320 e. The Morgan fingerprint density at radius 2 is 2.05 bits per heavy atom. The van der Waals surface area contributed by atoms with E-state index in [4.69, 9.17) is 0 Å². The Labute approximate surface area is 126 Å². The highest BCUT2D eigenvalue weighted by atomic mass is 32.2. The van der Waals surface area contributed by atoms with Crippen LogP contribution in [0.5, 0.6) is 0 Å². The van der Waals surface area contributed by atoms with Gasteiger partial charge in [0.1, 0.15) is 6.04 Å². The summed E-state index contributed by atoms with van der Waals surface area (Å²) in [6.45, 7) is 3.68. The van der Waals surface area contributed by atoms with Gasteiger partial charge in [0.25, 0.3) is 0 Å². The molecule has 1 atom stereocenters. The van der Waals surface area contributed by atoms with E-state index >= 15 is 0 Å². The summed E-state index contributed by atoms with van der Waals surface area (Å²) in [4.78, 5) is 13.5. The van der Waals surface area contributed by atoms with Crippen LogP contribution in [0.1, 0.15) is 25.3 Å². The number of aliphatic carboxylic acids is 1. The fourth-order valence-electron chi connectivity index (χ4n) is 2.36. The van der Waals surface area contributed by atoms with E-state index < -0.39 is 5.97 Å². The van der Waals surface area contributed by atoms with Gasteiger partial charge in [-0.1, -0.05) is 37.3 Å². The Bertz CT molecular complexity index is 383. The van der Waals surface area contributed by atoms with Crippen LogP contribution in [0.2, 0.25) is 0 Å². The molecule has 0 aliphatic rings. The van der Waals surface area contributed by atoms with Gasteiger partial charge < -0.3 is 5.11 Å². The van der Waals surface area contributed by atoms with E-state index in [2.05, 4.69) is 17.0 Å². The third-order valence-electron chi connectivity index (χ3n) is 3.48. The molecule has 0 aromatic heterocycles. The van der Waals surface area contributed by atoms with Crippen LogP contribution in [-0.4, -0.2) is 47.1 Å². The maximum atomic E-state index is 11.4. The van der Waals surface area contributed by atoms with Gasteiger partial charge >= 0.3 is 5.97 Å². The van der Waals surface area contributed by atoms with Crippen molar-refractivity contribution in [2.24, 2.45) is 0 Å². The molecular formula is C16H25NO2S. The lowest BCUT2D eigenvalue weighted by molar-refractivity contribution is -0.143. The van der Waals surface area contributed by atoms with Crippen LogP contribution in [0.15, 0.2) is 30.3 Å². The molecule has 4 heteroatoms. The van der Waals surface area contributed by atoms with E-state index in [9.17, 15) is 9.90 Å². The fraction of sp³-hybridized carbons (Fsp3) is 0.562. The molecule has 20 heavy (non-hydrogen) atoms. The number of carboxylic acid groups (broad SMARTS) is 1. The molecule has 1 aromatic carbocycles. The van der Waals surface area contributed by atoms with E-state index in [0.717, 1.165) is 38.1 Å². The molecule has 1 aromatic rings. The van der Waals surface area contributed by atoms with Crippen LogP contribution in [0.3, 0.4) is 0 Å². The molecular weight excluding hydrogens is 270 g/mol. The zero-order valence-corrected chi connectivity index (χ0v) is 13.2. The molecule has 0 saturated carbocycles. The first-order chi connectivity index (χ1) is 9.69. The molecule has 0 aliphatic carbocycles. The van der Waals surface area contributed by atoms with Gasteiger partial charge in [-0.3, -0.25) is 9.69 Å². The first kappa shape index (κ1) is 17.1. The van der Waals surface area contributed by atoms with Gasteiger partial charge in [-0.25, -0.2) is 0 Å². The number of hydrogen-bond donors (Lipinski definition) is 1. The van der Waals surface area contributed by atoms with Crippen LogP contribution in [0.25, 0.3) is 0 Å². The van der Waals surface area contributed by atoms with Crippen molar-refractivity contribution in [3.8, 4) is 0 Å². The first-order valence-corrected chi connectivity index (χ1v) is 8.58. The Morgan fingerprint density at radius 1 is 1.35 bits per heavy atom. The summed E-state index contributed by atoms with van der Waals surface area (Å²) in [5, 5.41) is 9.37. The van der Waals surface area contributed by atoms with Crippen molar-refractivity contribution in [1.82, 2.24) is 4.90 Å². The smallest absolute Gasteiger partial charge is 0.320 e. The molecule has 0 saturated heterocycles. The van der Waals surface area contributed by atoms with Crippen molar-refractivity contribution in [1.29, 1.82) is 0 Å². The molecule has 0 spiro atoms. The largest absolute Gasteiger partial charge is 0.480 e. The van der Waals surface area contributed by atoms with Gasteiger partial charge in [0, 0.05) is 0 Å². The molecule has 0 bridgehead atoms. The number of carbonyl (C=O) groups is 1. The van der Waals surface area contributed by atoms with Crippen molar-refractivity contribution in [2.75, 3.05) is 25.1 Å². The lowest BCUT2D eigenvalue weighted by Crippen LogP contribution is -2.42. The zero-order chi connectivity index (χ0) is 14.8. The summed E-state index contributed by atoms with van der Waals surface area (Å²) in [6, 6.07) is 10.0. The summed E-state index contributed by atoms with van der Waals surface area (Å²) in [7, 11) is 0. The Hall–Kier alpha value is -1.00. The quantitative estimate of drug-likeness (QED) is 0.720. The number of carboxylic acids is 1. The number of thioether (sulfide) groups is 1. The number of hydrogen-bond acceptors (Lipinski definition) is 3. The molecule has 0 heterocycles. The van der Waals surface area contributed by atoms with Gasteiger partial charge in [-0.05, 0) is 49.9 Å². The Balaban J connectivity index is 2.45. The highest BCUT2D eigenvalue weighted by molar-refractivity contribution is 7.98. The van der Waals surface area contributed by atoms with Crippen molar-refractivity contribution >= 4 is 17.7 Å². The molecule has 0 aliphatic heterocycles. The lowest BCUT2D eigenvalue weighted by atomic mass is 10.1. The molecule has 1 N–H and O–H groups in total. The first-order valence-electron chi connectivity index (χ1n) is 7.18. The minimum atomic E-state index is -0.694. The second-order valence-electron chi connectivity index (χ2n) is 4.85. The van der Waals surface area contributed by atoms with Gasteiger partial charge in [-0.2, -0.15) is 11.8 Å². The third-order valence-corrected chi connectivity index (χ3v) is 4.12. The predicted molar refractivity (Wildman–Crippen MR) is 86.4 cm³/mol. The molecule has 1 rings (SSSR count). The van der Waals surface area contributed by atoms with Crippen LogP contribution in [0, 0.1) is 0 Å². The van der Waals surface area contributed by atoms with Crippen LogP contribution in [0.4, 0.5) is 0 Å². The summed E-state index contributed by atoms with van der Waals surface area (Å²) < 4.78 is 0. The average Bonchev–Trinajstić information content (AvgIpc) is 2.46. The number of likely N-dealkylation sites (N-methyl/N-ethyl adjacent to an activating group) is 1. The predicted octanol–water partition coefficient (Wildman–Crippen LogP) is 3.15. The zero-order valence-electron chi connectivity index (χ0n) is 12.4. The van der Waals surface area contributed by atoms with Gasteiger partial charge in [0.15, 0.2) is 0 Å². The van der Waals surface area contributed by atoms with E-state index in [1.807, 2.05) is 31.4 Å². The third kappa shape index (κ3) is 5.97. The second kappa shape index (κ2) is 9.83. The number of aryl methyl sites for hydroxylation is 1. The highest BCUT2D eigenvalue weighted by Gasteiger charge is 2.23. The summed E-state index contributed by atoms with van der Waals surface area (Å²) in [5.41, 5.74) is 1.32. The lowest BCUT2D eigenvalue weighted by Gasteiger charge is -2.27. The molecule has 0 radical (unpaired) electrons. The van der Waals surface area contributed by atoms with Crippen LogP contribution in [-0.2, 0) is 11.2 Å². The van der Waals surface area contributed by atoms with Gasteiger partial charge in [-0.15, -0.1) is 0 Å². The summed E-state index contributed by atoms with van der Waals surface area (Å²) in [6.07, 6.45) is 4.74. The van der Waals surface area contributed by atoms with Crippen molar-refractivity contribution in [3.05, 3.63) is 35.9 Å². The van der Waals surface area contributed by atoms with Crippen molar-refractivity contribution < 1.29 is 9.90 Å². The Morgan fingerprint density at radius 3 is 2.60 bits per heavy atom. The standard InChI is InChI=1S/C16H25NO2S/c1-3-17(15(16(18)19)11-13-20-2)12-7-10-14-8-5-4-6-9-14/h4-6,8-9,15H,3,7,10-13H2,1-2H3,(H,18,19)/t15-/m0/s1. The van der Waals surface area contributed by atoms with Crippen molar-refractivity contribution in [3.63, 3.8) is 0 Å². The van der Waals surface area contributed by atoms with Gasteiger partial charge in [0.05, 0.1) is 0 Å². The highest BCUT2D eigenvalue weighted by Crippen LogP contribution is 2.11. The van der Waals surface area contributed by atoms with Gasteiger partial charge in [0.2, 0.25) is 0 Å². The van der Waals surface area contributed by atoms with E-state index in [1.54, 1.807) is 11.8 Å². The average molecular weight is 295 g/mol. The summed E-state index contributed by atoms with van der Waals surface area (Å²) >= 11 is 1.71. The van der Waals surface area contributed by atoms with Crippen LogP contribution >= 0.6 is 11.8 Å². The minimum Gasteiger partial charge on any atom is -0.480 e. The van der Waals surface area contributed by atoms with Crippen molar-refractivity contribution in [2.45, 2.75) is 32.2 Å². The van der Waals surface area contributed by atoms with E-state index in [1.165, 1.54) is 5.56 Å². The number of benzene rings is 1. The summed E-state index contributed by atoms with van der Waals surface area (Å²) in [5.74, 6) is 0.201. The Kier molecular flexibility index (Phi) is 8.38. The van der Waals surface area contributed by atoms with E-state index in [0.29, 0.717) is 0 Å². The maximum absolute atomic E-state index is 11.4. The number of nitrogens with zero attached hydrogens (tertiary/aromatic N) is 1. The molecule has 0 unspecified atom stereocenters. The SMILES string of the molecule is CCN(CCCc1ccccc1)[C@@H](CCSC)C(=O)O.